The van der Waals surface area contributed by atoms with E-state index in [0.29, 0.717) is 6.04 Å². The van der Waals surface area contributed by atoms with Crippen LogP contribution in [0.1, 0.15) is 23.4 Å². The highest BCUT2D eigenvalue weighted by molar-refractivity contribution is 7.15. The van der Waals surface area contributed by atoms with Gasteiger partial charge in [0.2, 0.25) is 0 Å². The van der Waals surface area contributed by atoms with Gasteiger partial charge in [0.1, 0.15) is 0 Å². The Morgan fingerprint density at radius 3 is 2.93 bits per heavy atom. The van der Waals surface area contributed by atoms with E-state index < -0.39 is 0 Å². The highest BCUT2D eigenvalue weighted by atomic mass is 32.1. The molecule has 14 heavy (non-hydrogen) atoms. The minimum atomic E-state index is 0.248. The number of aliphatic hydroxyl groups is 1. The van der Waals surface area contributed by atoms with Crippen molar-refractivity contribution >= 4 is 16.5 Å². The van der Waals surface area contributed by atoms with Crippen LogP contribution < -0.4 is 4.90 Å². The van der Waals surface area contributed by atoms with E-state index in [0.717, 1.165) is 23.8 Å². The lowest BCUT2D eigenvalue weighted by atomic mass is 10.2. The molecule has 0 bridgehead atoms. The number of hydrogen-bond donors (Lipinski definition) is 1. The third-order valence-corrected chi connectivity index (χ3v) is 3.96. The van der Waals surface area contributed by atoms with E-state index in [9.17, 15) is 5.11 Å². The maximum Gasteiger partial charge on any atom is 0.186 e. The number of hydrogen-bond acceptors (Lipinski definition) is 4. The van der Waals surface area contributed by atoms with Crippen LogP contribution in [0.15, 0.2) is 0 Å². The van der Waals surface area contributed by atoms with Gasteiger partial charge >= 0.3 is 0 Å². The molecule has 2 rings (SSSR count). The zero-order valence-corrected chi connectivity index (χ0v) is 9.47. The normalized spacial score (nSPS) is 21.9. The van der Waals surface area contributed by atoms with E-state index in [-0.39, 0.29) is 6.61 Å². The molecule has 0 unspecified atom stereocenters. The number of nitrogens with zero attached hydrogens (tertiary/aromatic N) is 2. The summed E-state index contributed by atoms with van der Waals surface area (Å²) in [6, 6.07) is 0.292. The summed E-state index contributed by atoms with van der Waals surface area (Å²) in [7, 11) is 0. The molecule has 1 fully saturated rings. The Morgan fingerprint density at radius 2 is 2.36 bits per heavy atom. The lowest BCUT2D eigenvalue weighted by molar-refractivity contribution is 0.266. The molecule has 2 heterocycles. The number of rotatable bonds is 2. The van der Waals surface area contributed by atoms with Crippen LogP contribution in [0.5, 0.6) is 0 Å². The molecular formula is C10H16N2OS. The van der Waals surface area contributed by atoms with E-state index >= 15 is 0 Å². The Balaban J connectivity index is 2.21. The van der Waals surface area contributed by atoms with E-state index in [1.165, 1.54) is 11.3 Å². The summed E-state index contributed by atoms with van der Waals surface area (Å²) in [5.74, 6) is 0. The van der Waals surface area contributed by atoms with Crippen LogP contribution in [0.2, 0.25) is 0 Å². The molecule has 1 atom stereocenters. The van der Waals surface area contributed by atoms with E-state index in [1.807, 2.05) is 6.92 Å². The molecule has 0 amide bonds. The summed E-state index contributed by atoms with van der Waals surface area (Å²) >= 11 is 1.73. The third-order valence-electron chi connectivity index (χ3n) is 2.85. The molecule has 0 aliphatic carbocycles. The van der Waals surface area contributed by atoms with Crippen molar-refractivity contribution in [3.05, 3.63) is 10.6 Å². The molecule has 1 aromatic heterocycles. The van der Waals surface area contributed by atoms with Crippen molar-refractivity contribution in [2.75, 3.05) is 18.1 Å². The van der Waals surface area contributed by atoms with Gasteiger partial charge in [-0.05, 0) is 26.7 Å². The minimum absolute atomic E-state index is 0.248. The van der Waals surface area contributed by atoms with Crippen LogP contribution in [0.25, 0.3) is 0 Å². The van der Waals surface area contributed by atoms with Gasteiger partial charge in [0, 0.05) is 11.4 Å². The molecule has 1 aromatic rings. The van der Waals surface area contributed by atoms with Gasteiger partial charge in [0.25, 0.3) is 0 Å². The Hall–Kier alpha value is -0.610. The predicted octanol–water partition coefficient (Wildman–Crippen LogP) is 1.72. The van der Waals surface area contributed by atoms with Gasteiger partial charge < -0.3 is 10.0 Å². The Morgan fingerprint density at radius 1 is 1.57 bits per heavy atom. The van der Waals surface area contributed by atoms with Crippen molar-refractivity contribution < 1.29 is 5.11 Å². The molecule has 1 aliphatic rings. The van der Waals surface area contributed by atoms with Gasteiger partial charge in [0.15, 0.2) is 5.13 Å². The zero-order chi connectivity index (χ0) is 10.1. The van der Waals surface area contributed by atoms with E-state index in [1.54, 1.807) is 11.3 Å². The second kappa shape index (κ2) is 3.87. The van der Waals surface area contributed by atoms with Crippen LogP contribution in [0, 0.1) is 13.8 Å². The van der Waals surface area contributed by atoms with Crippen molar-refractivity contribution in [2.45, 2.75) is 32.7 Å². The van der Waals surface area contributed by atoms with Gasteiger partial charge in [-0.1, -0.05) is 0 Å². The molecule has 1 N–H and O–H groups in total. The SMILES string of the molecule is Cc1nc(N2CCC[C@@H]2CO)sc1C. The van der Waals surface area contributed by atoms with E-state index in [4.69, 9.17) is 0 Å². The fourth-order valence-corrected chi connectivity index (χ4v) is 2.86. The Labute approximate surface area is 88.4 Å². The van der Waals surface area contributed by atoms with Crippen LogP contribution in [-0.2, 0) is 0 Å². The predicted molar refractivity (Wildman–Crippen MR) is 59.0 cm³/mol. The molecule has 3 nitrogen and oxygen atoms in total. The number of anilines is 1. The van der Waals surface area contributed by atoms with E-state index in [2.05, 4.69) is 16.8 Å². The summed E-state index contributed by atoms with van der Waals surface area (Å²) in [5.41, 5.74) is 1.12. The molecule has 0 spiro atoms. The molecular weight excluding hydrogens is 196 g/mol. The molecule has 1 saturated heterocycles. The first-order valence-electron chi connectivity index (χ1n) is 5.04. The van der Waals surface area contributed by atoms with Crippen LogP contribution in [-0.4, -0.2) is 29.3 Å². The molecule has 0 aromatic carbocycles. The first-order chi connectivity index (χ1) is 6.72. The van der Waals surface area contributed by atoms with Crippen LogP contribution in [0.3, 0.4) is 0 Å². The number of aryl methyl sites for hydroxylation is 2. The fraction of sp³-hybridized carbons (Fsp3) is 0.700. The maximum atomic E-state index is 9.21. The fourth-order valence-electron chi connectivity index (χ4n) is 1.86. The van der Waals surface area contributed by atoms with Gasteiger partial charge in [-0.3, -0.25) is 0 Å². The first kappa shape index (κ1) is 9.93. The minimum Gasteiger partial charge on any atom is -0.394 e. The number of thiazole rings is 1. The van der Waals surface area contributed by atoms with Crippen molar-refractivity contribution in [1.29, 1.82) is 0 Å². The quantitative estimate of drug-likeness (QED) is 0.811. The lowest BCUT2D eigenvalue weighted by Gasteiger charge is -2.21. The van der Waals surface area contributed by atoms with Gasteiger partial charge in [-0.2, -0.15) is 0 Å². The van der Waals surface area contributed by atoms with Crippen molar-refractivity contribution in [1.82, 2.24) is 4.98 Å². The number of aromatic nitrogens is 1. The van der Waals surface area contributed by atoms with Gasteiger partial charge in [0.05, 0.1) is 18.3 Å². The zero-order valence-electron chi connectivity index (χ0n) is 8.66. The first-order valence-corrected chi connectivity index (χ1v) is 5.85. The smallest absolute Gasteiger partial charge is 0.186 e. The second-order valence-electron chi connectivity index (χ2n) is 3.81. The van der Waals surface area contributed by atoms with Crippen molar-refractivity contribution in [3.8, 4) is 0 Å². The molecule has 0 radical (unpaired) electrons. The Bertz CT molecular complexity index is 304. The Kier molecular flexibility index (Phi) is 2.74. The second-order valence-corrected chi connectivity index (χ2v) is 4.99. The molecule has 1 aliphatic heterocycles. The lowest BCUT2D eigenvalue weighted by Crippen LogP contribution is -2.31. The summed E-state index contributed by atoms with van der Waals surface area (Å²) < 4.78 is 0. The molecule has 0 saturated carbocycles. The van der Waals surface area contributed by atoms with Crippen molar-refractivity contribution in [3.63, 3.8) is 0 Å². The van der Waals surface area contributed by atoms with Crippen molar-refractivity contribution in [2.24, 2.45) is 0 Å². The summed E-state index contributed by atoms with van der Waals surface area (Å²) in [4.78, 5) is 8.05. The van der Waals surface area contributed by atoms with Crippen LogP contribution >= 0.6 is 11.3 Å². The summed E-state index contributed by atoms with van der Waals surface area (Å²) in [5, 5.41) is 10.3. The highest BCUT2D eigenvalue weighted by Gasteiger charge is 2.26. The summed E-state index contributed by atoms with van der Waals surface area (Å²) in [6.45, 7) is 5.43. The van der Waals surface area contributed by atoms with Crippen LogP contribution in [0.4, 0.5) is 5.13 Å². The molecule has 4 heteroatoms. The van der Waals surface area contributed by atoms with Gasteiger partial charge in [-0.15, -0.1) is 11.3 Å². The molecule has 78 valence electrons. The average Bonchev–Trinajstić information content (AvgIpc) is 2.73. The standard InChI is InChI=1S/C10H16N2OS/c1-7-8(2)14-10(11-7)12-5-3-4-9(12)6-13/h9,13H,3-6H2,1-2H3/t9-/m1/s1. The third kappa shape index (κ3) is 1.64. The monoisotopic (exact) mass is 212 g/mol. The number of aliphatic hydroxyl groups excluding tert-OH is 1. The summed E-state index contributed by atoms with van der Waals surface area (Å²) in [6.07, 6.45) is 2.26. The van der Waals surface area contributed by atoms with Gasteiger partial charge in [-0.25, -0.2) is 4.98 Å². The average molecular weight is 212 g/mol. The topological polar surface area (TPSA) is 36.4 Å². The highest BCUT2D eigenvalue weighted by Crippen LogP contribution is 2.30. The largest absolute Gasteiger partial charge is 0.394 e. The maximum absolute atomic E-state index is 9.21.